The number of aryl methyl sites for hydroxylation is 1. The van der Waals surface area contributed by atoms with E-state index >= 15 is 0 Å². The van der Waals surface area contributed by atoms with Crippen LogP contribution in [-0.4, -0.2) is 57.9 Å². The molecule has 3 rings (SSSR count). The number of amides is 1. The fourth-order valence-electron chi connectivity index (χ4n) is 3.40. The second-order valence-electron chi connectivity index (χ2n) is 7.18. The van der Waals surface area contributed by atoms with E-state index in [4.69, 9.17) is 4.74 Å². The number of carbonyl (C=O) groups excluding carboxylic acids is 1. The molecule has 0 bridgehead atoms. The number of rotatable bonds is 1. The Kier molecular flexibility index (Phi) is 7.39. The first-order valence-electron chi connectivity index (χ1n) is 9.91. The van der Waals surface area contributed by atoms with E-state index in [0.717, 1.165) is 37.0 Å². The molecule has 0 spiro atoms. The predicted molar refractivity (Wildman–Crippen MR) is 106 cm³/mol. The van der Waals surface area contributed by atoms with Crippen LogP contribution in [0.2, 0.25) is 0 Å². The SMILES string of the molecule is O=C(c1ccncc1)N1CCCCCc2ccccc2OC[C@@H](O)[C@@H](O)CC1. The van der Waals surface area contributed by atoms with Crippen LogP contribution in [0.5, 0.6) is 5.75 Å². The maximum Gasteiger partial charge on any atom is 0.253 e. The Labute approximate surface area is 165 Å². The zero-order valence-corrected chi connectivity index (χ0v) is 16.0. The van der Waals surface area contributed by atoms with E-state index in [2.05, 4.69) is 4.98 Å². The van der Waals surface area contributed by atoms with Crippen molar-refractivity contribution in [3.63, 3.8) is 0 Å². The topological polar surface area (TPSA) is 82.9 Å². The fraction of sp³-hybridized carbons (Fsp3) is 0.455. The van der Waals surface area contributed by atoms with Gasteiger partial charge in [0.2, 0.25) is 0 Å². The number of hydrogen-bond donors (Lipinski definition) is 2. The molecule has 0 saturated heterocycles. The highest BCUT2D eigenvalue weighted by Crippen LogP contribution is 2.21. The quantitative estimate of drug-likeness (QED) is 0.789. The van der Waals surface area contributed by atoms with E-state index in [1.54, 1.807) is 29.4 Å². The fourth-order valence-corrected chi connectivity index (χ4v) is 3.40. The van der Waals surface area contributed by atoms with Gasteiger partial charge in [-0.25, -0.2) is 0 Å². The summed E-state index contributed by atoms with van der Waals surface area (Å²) in [5.74, 6) is 0.693. The Morgan fingerprint density at radius 1 is 1.00 bits per heavy atom. The van der Waals surface area contributed by atoms with Crippen LogP contribution >= 0.6 is 0 Å². The lowest BCUT2D eigenvalue weighted by atomic mass is 10.0. The molecule has 0 aliphatic carbocycles. The lowest BCUT2D eigenvalue weighted by Crippen LogP contribution is -2.38. The molecule has 0 fully saturated rings. The molecular formula is C22H28N2O4. The monoisotopic (exact) mass is 384 g/mol. The summed E-state index contributed by atoms with van der Waals surface area (Å²) in [7, 11) is 0. The van der Waals surface area contributed by atoms with Crippen LogP contribution in [0.15, 0.2) is 48.8 Å². The van der Waals surface area contributed by atoms with Crippen molar-refractivity contribution in [3.05, 3.63) is 59.9 Å². The molecule has 0 saturated carbocycles. The zero-order valence-electron chi connectivity index (χ0n) is 16.0. The molecule has 150 valence electrons. The number of hydrogen-bond acceptors (Lipinski definition) is 5. The average molecular weight is 384 g/mol. The van der Waals surface area contributed by atoms with Gasteiger partial charge in [-0.3, -0.25) is 9.78 Å². The van der Waals surface area contributed by atoms with Crippen molar-refractivity contribution in [1.82, 2.24) is 9.88 Å². The summed E-state index contributed by atoms with van der Waals surface area (Å²) in [5, 5.41) is 20.6. The summed E-state index contributed by atoms with van der Waals surface area (Å²) < 4.78 is 5.76. The van der Waals surface area contributed by atoms with E-state index in [9.17, 15) is 15.0 Å². The van der Waals surface area contributed by atoms with Crippen LogP contribution in [0.25, 0.3) is 0 Å². The van der Waals surface area contributed by atoms with Crippen molar-refractivity contribution in [2.45, 2.75) is 44.3 Å². The maximum absolute atomic E-state index is 12.8. The molecule has 0 unspecified atom stereocenters. The number of nitrogens with zero attached hydrogens (tertiary/aromatic N) is 2. The summed E-state index contributed by atoms with van der Waals surface area (Å²) in [5.41, 5.74) is 1.69. The minimum absolute atomic E-state index is 0.0243. The molecule has 2 heterocycles. The highest BCUT2D eigenvalue weighted by molar-refractivity contribution is 5.94. The van der Waals surface area contributed by atoms with Crippen molar-refractivity contribution < 1.29 is 19.7 Å². The number of aliphatic hydroxyl groups excluding tert-OH is 2. The third kappa shape index (κ3) is 5.53. The smallest absolute Gasteiger partial charge is 0.253 e. The minimum atomic E-state index is -1.01. The molecule has 0 radical (unpaired) electrons. The first-order chi connectivity index (χ1) is 13.6. The molecule has 2 atom stereocenters. The van der Waals surface area contributed by atoms with E-state index in [1.807, 2.05) is 24.3 Å². The van der Waals surface area contributed by atoms with Gasteiger partial charge in [0.1, 0.15) is 18.5 Å². The second-order valence-corrected chi connectivity index (χ2v) is 7.18. The van der Waals surface area contributed by atoms with Gasteiger partial charge in [0, 0.05) is 31.0 Å². The van der Waals surface area contributed by atoms with Crippen molar-refractivity contribution in [2.24, 2.45) is 0 Å². The molecule has 1 aliphatic rings. The standard InChI is InChI=1S/C22H28N2O4/c25-19-11-15-24(22(27)18-9-12-23-13-10-18)14-5-1-2-6-17-7-3-4-8-21(17)28-16-20(19)26/h3-4,7-10,12-13,19-20,25-26H,1-2,5-6,11,14-16H2/t19-,20+/m0/s1. The Morgan fingerprint density at radius 2 is 1.79 bits per heavy atom. The van der Waals surface area contributed by atoms with Gasteiger partial charge in [-0.15, -0.1) is 0 Å². The maximum atomic E-state index is 12.8. The number of para-hydroxylation sites is 1. The molecule has 1 amide bonds. The summed E-state index contributed by atoms with van der Waals surface area (Å²) in [6, 6.07) is 11.2. The number of benzene rings is 1. The molecule has 28 heavy (non-hydrogen) atoms. The number of fused-ring (bicyclic) bond motifs is 1. The second kappa shape index (κ2) is 10.2. The molecule has 2 N–H and O–H groups in total. The first-order valence-corrected chi connectivity index (χ1v) is 9.91. The van der Waals surface area contributed by atoms with Gasteiger partial charge >= 0.3 is 0 Å². The molecule has 1 aromatic carbocycles. The summed E-state index contributed by atoms with van der Waals surface area (Å²) in [6.45, 7) is 1.04. The minimum Gasteiger partial charge on any atom is -0.491 e. The van der Waals surface area contributed by atoms with E-state index < -0.39 is 12.2 Å². The predicted octanol–water partition coefficient (Wildman–Crippen LogP) is 2.44. The van der Waals surface area contributed by atoms with Crippen LogP contribution in [-0.2, 0) is 6.42 Å². The van der Waals surface area contributed by atoms with Crippen LogP contribution in [0.4, 0.5) is 0 Å². The number of aromatic nitrogens is 1. The Morgan fingerprint density at radius 3 is 2.61 bits per heavy atom. The van der Waals surface area contributed by atoms with Gasteiger partial charge in [0.15, 0.2) is 0 Å². The van der Waals surface area contributed by atoms with Crippen LogP contribution in [0, 0.1) is 0 Å². The number of ether oxygens (including phenoxy) is 1. The normalized spacial score (nSPS) is 21.9. The van der Waals surface area contributed by atoms with Gasteiger partial charge in [-0.05, 0) is 49.4 Å². The van der Waals surface area contributed by atoms with Gasteiger partial charge in [-0.1, -0.05) is 24.6 Å². The van der Waals surface area contributed by atoms with Crippen molar-refractivity contribution in [2.75, 3.05) is 19.7 Å². The third-order valence-electron chi connectivity index (χ3n) is 5.11. The highest BCUT2D eigenvalue weighted by atomic mass is 16.5. The van der Waals surface area contributed by atoms with Crippen molar-refractivity contribution in [3.8, 4) is 5.75 Å². The van der Waals surface area contributed by atoms with Crippen molar-refractivity contribution >= 4 is 5.91 Å². The Bertz CT molecular complexity index is 753. The van der Waals surface area contributed by atoms with E-state index in [-0.39, 0.29) is 12.5 Å². The zero-order chi connectivity index (χ0) is 19.8. The number of carbonyl (C=O) groups is 1. The van der Waals surface area contributed by atoms with Gasteiger partial charge in [-0.2, -0.15) is 0 Å². The van der Waals surface area contributed by atoms with E-state index in [1.165, 1.54) is 0 Å². The molecule has 6 heteroatoms. The lowest BCUT2D eigenvalue weighted by Gasteiger charge is -2.26. The molecule has 2 aromatic rings. The Balaban J connectivity index is 1.70. The van der Waals surface area contributed by atoms with Crippen LogP contribution in [0.3, 0.4) is 0 Å². The summed E-state index contributed by atoms with van der Waals surface area (Å²) in [6.07, 6.45) is 5.31. The lowest BCUT2D eigenvalue weighted by molar-refractivity contribution is -0.0153. The molecule has 1 aliphatic heterocycles. The summed E-state index contributed by atoms with van der Waals surface area (Å²) >= 11 is 0. The number of pyridine rings is 1. The van der Waals surface area contributed by atoms with Crippen molar-refractivity contribution in [1.29, 1.82) is 0 Å². The third-order valence-corrected chi connectivity index (χ3v) is 5.11. The van der Waals surface area contributed by atoms with Gasteiger partial charge in [0.25, 0.3) is 5.91 Å². The number of aliphatic hydroxyl groups is 2. The van der Waals surface area contributed by atoms with Crippen LogP contribution in [0.1, 0.15) is 41.6 Å². The van der Waals surface area contributed by atoms with E-state index in [0.29, 0.717) is 25.1 Å². The molecular weight excluding hydrogens is 356 g/mol. The van der Waals surface area contributed by atoms with Crippen LogP contribution < -0.4 is 4.74 Å². The largest absolute Gasteiger partial charge is 0.491 e. The van der Waals surface area contributed by atoms with Gasteiger partial charge in [0.05, 0.1) is 6.10 Å². The first kappa shape index (κ1) is 20.3. The highest BCUT2D eigenvalue weighted by Gasteiger charge is 2.22. The molecule has 6 nitrogen and oxygen atoms in total. The molecule has 1 aromatic heterocycles. The Hall–Kier alpha value is -2.44. The average Bonchev–Trinajstić information content (AvgIpc) is 2.74. The van der Waals surface area contributed by atoms with Gasteiger partial charge < -0.3 is 19.8 Å². The summed E-state index contributed by atoms with van der Waals surface area (Å²) in [4.78, 5) is 18.5.